The number of rotatable bonds is 3. The van der Waals surface area contributed by atoms with Crippen molar-refractivity contribution in [2.24, 2.45) is 0 Å². The number of carbonyl (C=O) groups excluding carboxylic acids is 2. The summed E-state index contributed by atoms with van der Waals surface area (Å²) in [4.78, 5) is 35.1. The number of fused-ring (bicyclic) bond motifs is 1. The molecule has 2 aliphatic heterocycles. The number of nitrogens with zero attached hydrogens (tertiary/aromatic N) is 3. The average molecular weight is 420 g/mol. The largest absolute Gasteiger partial charge is 0.485 e. The minimum Gasteiger partial charge on any atom is -0.485 e. The van der Waals surface area contributed by atoms with Gasteiger partial charge in [-0.15, -0.1) is 0 Å². The molecule has 2 aliphatic rings. The molecule has 1 fully saturated rings. The van der Waals surface area contributed by atoms with E-state index in [1.807, 2.05) is 4.90 Å². The Morgan fingerprint density at radius 3 is 2.69 bits per heavy atom. The van der Waals surface area contributed by atoms with E-state index in [2.05, 4.69) is 20.8 Å². The monoisotopic (exact) mass is 419 g/mol. The molecule has 1 aromatic heterocycles. The van der Waals surface area contributed by atoms with E-state index in [9.17, 15) is 9.59 Å². The fourth-order valence-corrected chi connectivity index (χ4v) is 3.02. The van der Waals surface area contributed by atoms with Gasteiger partial charge in [0.2, 0.25) is 12.1 Å². The second-order valence-electron chi connectivity index (χ2n) is 6.27. The van der Waals surface area contributed by atoms with Gasteiger partial charge in [-0.05, 0) is 12.1 Å². The summed E-state index contributed by atoms with van der Waals surface area (Å²) in [5.74, 6) is 0.154. The minimum absolute atomic E-state index is 0.0220. The molecule has 11 heteroatoms. The van der Waals surface area contributed by atoms with Crippen LogP contribution in [-0.4, -0.2) is 60.8 Å². The number of ether oxygens (including phenoxy) is 3. The summed E-state index contributed by atoms with van der Waals surface area (Å²) in [6.45, 7) is 2.35. The number of benzene rings is 1. The molecule has 4 rings (SSSR count). The minimum atomic E-state index is -0.907. The zero-order valence-electron chi connectivity index (χ0n) is 15.3. The second-order valence-corrected chi connectivity index (χ2v) is 6.68. The Morgan fingerprint density at radius 1 is 1.14 bits per heavy atom. The van der Waals surface area contributed by atoms with E-state index >= 15 is 0 Å². The van der Waals surface area contributed by atoms with E-state index in [-0.39, 0.29) is 17.3 Å². The van der Waals surface area contributed by atoms with Crippen LogP contribution in [0.4, 0.5) is 5.95 Å². The number of hydrazine groups is 1. The van der Waals surface area contributed by atoms with Gasteiger partial charge in [-0.1, -0.05) is 23.7 Å². The van der Waals surface area contributed by atoms with Crippen molar-refractivity contribution in [3.8, 4) is 11.5 Å². The number of morpholine rings is 1. The maximum atomic E-state index is 12.5. The van der Waals surface area contributed by atoms with Crippen molar-refractivity contribution in [2.75, 3.05) is 37.8 Å². The van der Waals surface area contributed by atoms with Crippen LogP contribution >= 0.6 is 11.6 Å². The van der Waals surface area contributed by atoms with Crippen molar-refractivity contribution in [1.82, 2.24) is 20.8 Å². The lowest BCUT2D eigenvalue weighted by molar-refractivity contribution is -0.131. The van der Waals surface area contributed by atoms with Gasteiger partial charge in [0, 0.05) is 13.1 Å². The van der Waals surface area contributed by atoms with E-state index in [1.54, 1.807) is 24.3 Å². The number of hydrogen-bond acceptors (Lipinski definition) is 8. The van der Waals surface area contributed by atoms with Gasteiger partial charge >= 0.3 is 0 Å². The molecule has 0 spiro atoms. The van der Waals surface area contributed by atoms with Crippen LogP contribution in [0.25, 0.3) is 0 Å². The van der Waals surface area contributed by atoms with Crippen LogP contribution in [0.3, 0.4) is 0 Å². The lowest BCUT2D eigenvalue weighted by atomic mass is 10.2. The maximum Gasteiger partial charge on any atom is 0.290 e. The average Bonchev–Trinajstić information content (AvgIpc) is 2.77. The Kier molecular flexibility index (Phi) is 5.63. The van der Waals surface area contributed by atoms with Gasteiger partial charge in [0.25, 0.3) is 11.8 Å². The number of hydrogen-bond donors (Lipinski definition) is 2. The third-order valence-electron chi connectivity index (χ3n) is 4.34. The number of anilines is 1. The summed E-state index contributed by atoms with van der Waals surface area (Å²) < 4.78 is 16.4. The van der Waals surface area contributed by atoms with Crippen LogP contribution in [0, 0.1) is 0 Å². The third-order valence-corrected chi connectivity index (χ3v) is 4.62. The van der Waals surface area contributed by atoms with Crippen molar-refractivity contribution in [2.45, 2.75) is 6.10 Å². The third kappa shape index (κ3) is 4.33. The topological polar surface area (TPSA) is 115 Å². The molecule has 0 unspecified atom stereocenters. The number of amides is 2. The predicted molar refractivity (Wildman–Crippen MR) is 102 cm³/mol. The molecule has 10 nitrogen and oxygen atoms in total. The van der Waals surface area contributed by atoms with Crippen LogP contribution in [0.15, 0.2) is 30.5 Å². The lowest BCUT2D eigenvalue weighted by Crippen LogP contribution is -2.51. The molecule has 2 amide bonds. The summed E-state index contributed by atoms with van der Waals surface area (Å²) in [6, 6.07) is 7.02. The fraction of sp³-hybridized carbons (Fsp3) is 0.333. The molecule has 0 bridgehead atoms. The van der Waals surface area contributed by atoms with E-state index in [0.29, 0.717) is 43.8 Å². The molecular formula is C18H18ClN5O5. The second kappa shape index (κ2) is 8.50. The summed E-state index contributed by atoms with van der Waals surface area (Å²) in [7, 11) is 0. The first-order valence-corrected chi connectivity index (χ1v) is 9.33. The van der Waals surface area contributed by atoms with Gasteiger partial charge < -0.3 is 19.1 Å². The summed E-state index contributed by atoms with van der Waals surface area (Å²) in [5.41, 5.74) is 4.56. The molecule has 0 aliphatic carbocycles. The number of para-hydroxylation sites is 2. The Labute approximate surface area is 171 Å². The van der Waals surface area contributed by atoms with Crippen LogP contribution < -0.4 is 25.2 Å². The van der Waals surface area contributed by atoms with Gasteiger partial charge in [0.1, 0.15) is 6.61 Å². The summed E-state index contributed by atoms with van der Waals surface area (Å²) in [5, 5.41) is 0.0694. The molecule has 0 radical (unpaired) electrons. The van der Waals surface area contributed by atoms with Gasteiger partial charge in [0.05, 0.1) is 24.4 Å². The van der Waals surface area contributed by atoms with E-state index in [0.717, 1.165) is 0 Å². The van der Waals surface area contributed by atoms with Crippen LogP contribution in [0.2, 0.25) is 5.02 Å². The number of halogens is 1. The number of aromatic nitrogens is 2. The molecule has 29 heavy (non-hydrogen) atoms. The zero-order valence-corrected chi connectivity index (χ0v) is 16.0. The molecule has 2 N–H and O–H groups in total. The highest BCUT2D eigenvalue weighted by Crippen LogP contribution is 2.30. The Balaban J connectivity index is 1.37. The quantitative estimate of drug-likeness (QED) is 0.694. The van der Waals surface area contributed by atoms with E-state index in [1.165, 1.54) is 6.20 Å². The van der Waals surface area contributed by atoms with Gasteiger partial charge in [-0.25, -0.2) is 9.97 Å². The number of carbonyl (C=O) groups is 2. The van der Waals surface area contributed by atoms with Crippen LogP contribution in [0.5, 0.6) is 11.5 Å². The fourth-order valence-electron chi connectivity index (χ4n) is 2.84. The van der Waals surface area contributed by atoms with Crippen molar-refractivity contribution in [1.29, 1.82) is 0 Å². The first kappa shape index (κ1) is 19.2. The maximum absolute atomic E-state index is 12.5. The van der Waals surface area contributed by atoms with Gasteiger partial charge in [0.15, 0.2) is 17.2 Å². The Bertz CT molecular complexity index is 921. The lowest BCUT2D eigenvalue weighted by Gasteiger charge is -2.27. The molecule has 2 aromatic rings. The summed E-state index contributed by atoms with van der Waals surface area (Å²) in [6.07, 6.45) is 0.445. The Hall–Kier alpha value is -3.11. The molecule has 1 atom stereocenters. The Morgan fingerprint density at radius 2 is 1.90 bits per heavy atom. The van der Waals surface area contributed by atoms with Gasteiger partial charge in [-0.2, -0.15) is 0 Å². The standard InChI is InChI=1S/C18H18ClN5O5/c19-11-9-20-18(24-5-7-27-8-6-24)21-15(11)17(26)23-22-16(25)14-10-28-12-3-1-2-4-13(12)29-14/h1-4,9,14H,5-8,10H2,(H,22,25)(H,23,26)/t14-/m0/s1. The highest BCUT2D eigenvalue weighted by Gasteiger charge is 2.28. The van der Waals surface area contributed by atoms with Crippen LogP contribution in [0.1, 0.15) is 10.5 Å². The molecule has 0 saturated carbocycles. The van der Waals surface area contributed by atoms with Gasteiger partial charge in [-0.3, -0.25) is 20.4 Å². The van der Waals surface area contributed by atoms with E-state index < -0.39 is 17.9 Å². The normalized spacial score (nSPS) is 18.1. The van der Waals surface area contributed by atoms with Crippen molar-refractivity contribution < 1.29 is 23.8 Å². The summed E-state index contributed by atoms with van der Waals surface area (Å²) >= 11 is 6.06. The van der Waals surface area contributed by atoms with Crippen LogP contribution in [-0.2, 0) is 9.53 Å². The van der Waals surface area contributed by atoms with Crippen molar-refractivity contribution >= 4 is 29.4 Å². The predicted octanol–water partition coefficient (Wildman–Crippen LogP) is 0.568. The highest BCUT2D eigenvalue weighted by molar-refractivity contribution is 6.33. The van der Waals surface area contributed by atoms with Crippen molar-refractivity contribution in [3.05, 3.63) is 41.2 Å². The first-order valence-electron chi connectivity index (χ1n) is 8.96. The molecule has 152 valence electrons. The van der Waals surface area contributed by atoms with E-state index in [4.69, 9.17) is 25.8 Å². The SMILES string of the molecule is O=C(NNC(=O)[C@@H]1COc2ccccc2O1)c1nc(N2CCOCC2)ncc1Cl. The first-order chi connectivity index (χ1) is 14.1. The zero-order chi connectivity index (χ0) is 20.2. The molecule has 1 saturated heterocycles. The molecule has 1 aromatic carbocycles. The highest BCUT2D eigenvalue weighted by atomic mass is 35.5. The molecular weight excluding hydrogens is 402 g/mol. The smallest absolute Gasteiger partial charge is 0.290 e. The molecule has 3 heterocycles. The number of nitrogens with one attached hydrogen (secondary N) is 2. The van der Waals surface area contributed by atoms with Crippen molar-refractivity contribution in [3.63, 3.8) is 0 Å².